The highest BCUT2D eigenvalue weighted by atomic mass is 35.5. The van der Waals surface area contributed by atoms with E-state index in [-0.39, 0.29) is 30.1 Å². The zero-order chi connectivity index (χ0) is 18.7. The van der Waals surface area contributed by atoms with Crippen LogP contribution in [0, 0.1) is 0 Å². The van der Waals surface area contributed by atoms with Crippen LogP contribution >= 0.6 is 11.6 Å². The molecule has 2 aliphatic rings. The molecular formula is C18H22ClN3O4. The lowest BCUT2D eigenvalue weighted by Crippen LogP contribution is -2.50. The second-order valence-corrected chi connectivity index (χ2v) is 6.76. The van der Waals surface area contributed by atoms with Gasteiger partial charge in [-0.3, -0.25) is 19.3 Å². The van der Waals surface area contributed by atoms with Crippen LogP contribution in [0.1, 0.15) is 26.2 Å². The van der Waals surface area contributed by atoms with Crippen LogP contribution in [0.3, 0.4) is 0 Å². The Bertz CT molecular complexity index is 718. The number of benzene rings is 1. The second-order valence-electron chi connectivity index (χ2n) is 6.49. The summed E-state index contributed by atoms with van der Waals surface area (Å²) < 4.78 is 5.63. The molecule has 1 atom stereocenters. The van der Waals surface area contributed by atoms with Crippen molar-refractivity contribution in [1.82, 2.24) is 4.90 Å². The van der Waals surface area contributed by atoms with Gasteiger partial charge in [-0.15, -0.1) is 11.6 Å². The van der Waals surface area contributed by atoms with Gasteiger partial charge in [-0.1, -0.05) is 0 Å². The molecule has 1 aromatic rings. The number of rotatable bonds is 4. The first kappa shape index (κ1) is 18.5. The predicted octanol–water partition coefficient (Wildman–Crippen LogP) is 1.99. The number of alkyl halides is 1. The molecule has 1 saturated heterocycles. The van der Waals surface area contributed by atoms with Crippen LogP contribution in [-0.4, -0.2) is 54.2 Å². The van der Waals surface area contributed by atoms with Gasteiger partial charge in [0.2, 0.25) is 11.8 Å². The normalized spacial score (nSPS) is 19.6. The van der Waals surface area contributed by atoms with Gasteiger partial charge in [0.25, 0.3) is 5.91 Å². The fourth-order valence-electron chi connectivity index (χ4n) is 3.22. The maximum Gasteiger partial charge on any atom is 0.268 e. The van der Waals surface area contributed by atoms with Gasteiger partial charge in [-0.25, -0.2) is 0 Å². The molecule has 1 fully saturated rings. The van der Waals surface area contributed by atoms with Crippen LogP contribution in [0.5, 0.6) is 5.75 Å². The predicted molar refractivity (Wildman–Crippen MR) is 98.7 cm³/mol. The average Bonchev–Trinajstić information content (AvgIpc) is 2.66. The van der Waals surface area contributed by atoms with Crippen molar-refractivity contribution in [3.63, 3.8) is 0 Å². The number of likely N-dealkylation sites (tertiary alicyclic amines) is 1. The molecule has 1 unspecified atom stereocenters. The van der Waals surface area contributed by atoms with Crippen molar-refractivity contribution in [3.05, 3.63) is 18.2 Å². The molecule has 2 heterocycles. The topological polar surface area (TPSA) is 79.0 Å². The van der Waals surface area contributed by atoms with E-state index in [1.165, 1.54) is 4.90 Å². The summed E-state index contributed by atoms with van der Waals surface area (Å²) in [6, 6.07) is 4.99. The molecule has 0 spiro atoms. The van der Waals surface area contributed by atoms with E-state index in [1.54, 1.807) is 30.0 Å². The minimum Gasteiger partial charge on any atom is -0.479 e. The highest BCUT2D eigenvalue weighted by Crippen LogP contribution is 2.36. The quantitative estimate of drug-likeness (QED) is 0.811. The number of anilines is 2. The van der Waals surface area contributed by atoms with E-state index in [0.717, 1.165) is 32.4 Å². The molecular weight excluding hydrogens is 358 g/mol. The molecule has 26 heavy (non-hydrogen) atoms. The Hall–Kier alpha value is -2.28. The maximum absolute atomic E-state index is 12.6. The molecule has 3 amide bonds. The van der Waals surface area contributed by atoms with Crippen LogP contribution < -0.4 is 15.0 Å². The number of carbonyl (C=O) groups excluding carboxylic acids is 3. The van der Waals surface area contributed by atoms with E-state index >= 15 is 0 Å². The third-order valence-electron chi connectivity index (χ3n) is 4.57. The lowest BCUT2D eigenvalue weighted by Gasteiger charge is -2.35. The fraction of sp³-hybridized carbons (Fsp3) is 0.500. The Labute approximate surface area is 157 Å². The van der Waals surface area contributed by atoms with Crippen molar-refractivity contribution in [2.75, 3.05) is 35.7 Å². The van der Waals surface area contributed by atoms with E-state index in [9.17, 15) is 14.4 Å². The smallest absolute Gasteiger partial charge is 0.268 e. The zero-order valence-electron chi connectivity index (χ0n) is 14.7. The van der Waals surface area contributed by atoms with E-state index < -0.39 is 6.10 Å². The minimum absolute atomic E-state index is 0.0353. The number of nitrogens with zero attached hydrogens (tertiary/aromatic N) is 2. The first-order valence-electron chi connectivity index (χ1n) is 8.75. The largest absolute Gasteiger partial charge is 0.479 e. The van der Waals surface area contributed by atoms with E-state index in [4.69, 9.17) is 16.3 Å². The Balaban J connectivity index is 1.84. The molecule has 1 aromatic carbocycles. The number of halogens is 1. The highest BCUT2D eigenvalue weighted by molar-refractivity contribution is 6.29. The molecule has 3 rings (SSSR count). The van der Waals surface area contributed by atoms with Crippen molar-refractivity contribution in [2.24, 2.45) is 0 Å². The van der Waals surface area contributed by atoms with Crippen molar-refractivity contribution >= 4 is 40.7 Å². The standard InChI is InChI=1S/C18H22ClN3O4/c1-12-18(25)22(11-17(24)21-7-3-2-4-8-21)14-9-13(20-16(23)10-19)5-6-15(14)26-12/h5-6,9,12H,2-4,7-8,10-11H2,1H3,(H,20,23). The van der Waals surface area contributed by atoms with Gasteiger partial charge in [0.1, 0.15) is 18.2 Å². The number of fused-ring (bicyclic) bond motifs is 1. The van der Waals surface area contributed by atoms with Gasteiger partial charge >= 0.3 is 0 Å². The molecule has 0 radical (unpaired) electrons. The van der Waals surface area contributed by atoms with E-state index in [1.807, 2.05) is 0 Å². The van der Waals surface area contributed by atoms with Crippen LogP contribution in [0.4, 0.5) is 11.4 Å². The third-order valence-corrected chi connectivity index (χ3v) is 4.82. The lowest BCUT2D eigenvalue weighted by molar-refractivity contribution is -0.133. The first-order chi connectivity index (χ1) is 12.5. The molecule has 8 heteroatoms. The van der Waals surface area contributed by atoms with Gasteiger partial charge in [-0.05, 0) is 44.4 Å². The number of hydrogen-bond acceptors (Lipinski definition) is 4. The third kappa shape index (κ3) is 3.93. The summed E-state index contributed by atoms with van der Waals surface area (Å²) in [7, 11) is 0. The number of amides is 3. The number of hydrogen-bond donors (Lipinski definition) is 1. The number of piperidine rings is 1. The second kappa shape index (κ2) is 7.95. The van der Waals surface area contributed by atoms with Crippen LogP contribution in [-0.2, 0) is 14.4 Å². The van der Waals surface area contributed by atoms with Crippen LogP contribution in [0.15, 0.2) is 18.2 Å². The molecule has 7 nitrogen and oxygen atoms in total. The zero-order valence-corrected chi connectivity index (χ0v) is 15.4. The van der Waals surface area contributed by atoms with E-state index in [2.05, 4.69) is 5.32 Å². The summed E-state index contributed by atoms with van der Waals surface area (Å²) in [6.07, 6.45) is 2.44. The van der Waals surface area contributed by atoms with Crippen LogP contribution in [0.25, 0.3) is 0 Å². The molecule has 0 aliphatic carbocycles. The van der Waals surface area contributed by atoms with Crippen molar-refractivity contribution < 1.29 is 19.1 Å². The molecule has 140 valence electrons. The summed E-state index contributed by atoms with van der Waals surface area (Å²) >= 11 is 5.52. The lowest BCUT2D eigenvalue weighted by atomic mass is 10.1. The van der Waals surface area contributed by atoms with Crippen LogP contribution in [0.2, 0.25) is 0 Å². The number of ether oxygens (including phenoxy) is 1. The molecule has 1 N–H and O–H groups in total. The van der Waals surface area contributed by atoms with Crippen molar-refractivity contribution in [1.29, 1.82) is 0 Å². The van der Waals surface area contributed by atoms with Gasteiger partial charge in [0.15, 0.2) is 6.10 Å². The monoisotopic (exact) mass is 379 g/mol. The number of carbonyl (C=O) groups is 3. The van der Waals surface area contributed by atoms with Gasteiger partial charge in [0, 0.05) is 18.8 Å². The van der Waals surface area contributed by atoms with Gasteiger partial charge in [0.05, 0.1) is 5.69 Å². The molecule has 2 aliphatic heterocycles. The Kier molecular flexibility index (Phi) is 5.66. The van der Waals surface area contributed by atoms with Gasteiger partial charge < -0.3 is 15.0 Å². The average molecular weight is 380 g/mol. The first-order valence-corrected chi connectivity index (χ1v) is 9.28. The summed E-state index contributed by atoms with van der Waals surface area (Å²) in [5.41, 5.74) is 0.974. The Morgan fingerprint density at radius 2 is 2.00 bits per heavy atom. The molecule has 0 saturated carbocycles. The van der Waals surface area contributed by atoms with E-state index in [0.29, 0.717) is 17.1 Å². The SMILES string of the molecule is CC1Oc2ccc(NC(=O)CCl)cc2N(CC(=O)N2CCCCC2)C1=O. The fourth-order valence-corrected chi connectivity index (χ4v) is 3.29. The highest BCUT2D eigenvalue weighted by Gasteiger charge is 2.34. The van der Waals surface area contributed by atoms with Crippen molar-refractivity contribution in [3.8, 4) is 5.75 Å². The summed E-state index contributed by atoms with van der Waals surface area (Å²) in [5, 5.41) is 2.65. The Morgan fingerprint density at radius 1 is 1.27 bits per heavy atom. The number of nitrogens with one attached hydrogen (secondary N) is 1. The Morgan fingerprint density at radius 3 is 2.69 bits per heavy atom. The molecule has 0 aromatic heterocycles. The maximum atomic E-state index is 12.6. The summed E-state index contributed by atoms with van der Waals surface area (Å²) in [6.45, 7) is 3.08. The molecule has 0 bridgehead atoms. The van der Waals surface area contributed by atoms with Gasteiger partial charge in [-0.2, -0.15) is 0 Å². The van der Waals surface area contributed by atoms with Crippen molar-refractivity contribution in [2.45, 2.75) is 32.3 Å². The summed E-state index contributed by atoms with van der Waals surface area (Å²) in [4.78, 5) is 40.0. The minimum atomic E-state index is -0.667. The summed E-state index contributed by atoms with van der Waals surface area (Å²) in [5.74, 6) is -0.357.